The van der Waals surface area contributed by atoms with Crippen LogP contribution in [0.15, 0.2) is 41.4 Å². The lowest BCUT2D eigenvalue weighted by Crippen LogP contribution is -2.22. The number of hydrogen-bond donors (Lipinski definition) is 2. The van der Waals surface area contributed by atoms with Gasteiger partial charge >= 0.3 is 0 Å². The number of rotatable bonds is 3. The molecule has 22 heavy (non-hydrogen) atoms. The van der Waals surface area contributed by atoms with E-state index in [9.17, 15) is 4.39 Å². The summed E-state index contributed by atoms with van der Waals surface area (Å²) >= 11 is 0. The minimum atomic E-state index is -0.205. The smallest absolute Gasteiger partial charge is 0.193 e. The molecule has 0 spiro atoms. The van der Waals surface area contributed by atoms with Crippen LogP contribution < -0.4 is 11.1 Å². The Balaban J connectivity index is 0.00000242. The molecule has 0 saturated carbocycles. The van der Waals surface area contributed by atoms with Gasteiger partial charge in [-0.2, -0.15) is 0 Å². The summed E-state index contributed by atoms with van der Waals surface area (Å²) in [6.45, 7) is 6.27. The first-order valence-corrected chi connectivity index (χ1v) is 6.85. The number of aryl methyl sites for hydroxylation is 3. The molecule has 0 unspecified atom stereocenters. The summed E-state index contributed by atoms with van der Waals surface area (Å²) < 4.78 is 13.2. The molecular formula is C17H21FIN3. The predicted molar refractivity (Wildman–Crippen MR) is 101 cm³/mol. The summed E-state index contributed by atoms with van der Waals surface area (Å²) in [6, 6.07) is 11.0. The van der Waals surface area contributed by atoms with Crippen LogP contribution in [0.2, 0.25) is 0 Å². The number of nitrogens with one attached hydrogen (secondary N) is 1. The van der Waals surface area contributed by atoms with Crippen LogP contribution in [-0.2, 0) is 6.54 Å². The zero-order chi connectivity index (χ0) is 15.4. The summed E-state index contributed by atoms with van der Waals surface area (Å²) in [4.78, 5) is 4.27. The predicted octanol–water partition coefficient (Wildman–Crippen LogP) is 4.30. The normalized spacial score (nSPS) is 11.0. The Labute approximate surface area is 147 Å². The number of anilines is 1. The average molecular weight is 413 g/mol. The monoisotopic (exact) mass is 413 g/mol. The van der Waals surface area contributed by atoms with Gasteiger partial charge in [-0.1, -0.05) is 18.2 Å². The third-order valence-electron chi connectivity index (χ3n) is 3.43. The average Bonchev–Trinajstić information content (AvgIpc) is 2.44. The molecule has 0 amide bonds. The van der Waals surface area contributed by atoms with Crippen LogP contribution >= 0.6 is 24.0 Å². The fourth-order valence-electron chi connectivity index (χ4n) is 1.99. The van der Waals surface area contributed by atoms with Crippen molar-refractivity contribution in [2.75, 3.05) is 5.32 Å². The van der Waals surface area contributed by atoms with Crippen molar-refractivity contribution in [1.82, 2.24) is 0 Å². The van der Waals surface area contributed by atoms with Gasteiger partial charge in [-0.3, -0.25) is 0 Å². The third kappa shape index (κ3) is 4.98. The Morgan fingerprint density at radius 1 is 1.05 bits per heavy atom. The van der Waals surface area contributed by atoms with Gasteiger partial charge in [-0.25, -0.2) is 9.38 Å². The van der Waals surface area contributed by atoms with Crippen molar-refractivity contribution in [3.05, 3.63) is 64.5 Å². The van der Waals surface area contributed by atoms with Gasteiger partial charge in [0.15, 0.2) is 5.96 Å². The Bertz CT molecular complexity index is 684. The maximum atomic E-state index is 13.2. The number of guanidine groups is 1. The third-order valence-corrected chi connectivity index (χ3v) is 3.43. The standard InChI is InChI=1S/C17H20FN3.HI/c1-11-4-6-15(9-12(11)2)21-17(19)20-10-14-5-7-16(18)13(3)8-14;/h4-9H,10H2,1-3H3,(H3,19,20,21);1H. The van der Waals surface area contributed by atoms with Crippen molar-refractivity contribution in [2.45, 2.75) is 27.3 Å². The molecule has 0 bridgehead atoms. The number of benzene rings is 2. The lowest BCUT2D eigenvalue weighted by Gasteiger charge is -2.08. The molecule has 118 valence electrons. The Hall–Kier alpha value is -1.63. The fourth-order valence-corrected chi connectivity index (χ4v) is 1.99. The first-order chi connectivity index (χ1) is 9.95. The highest BCUT2D eigenvalue weighted by atomic mass is 127. The van der Waals surface area contributed by atoms with Gasteiger partial charge in [0.1, 0.15) is 5.82 Å². The van der Waals surface area contributed by atoms with Crippen LogP contribution in [0.25, 0.3) is 0 Å². The van der Waals surface area contributed by atoms with Gasteiger partial charge in [0, 0.05) is 5.69 Å². The van der Waals surface area contributed by atoms with E-state index in [4.69, 9.17) is 5.73 Å². The van der Waals surface area contributed by atoms with Gasteiger partial charge in [-0.15, -0.1) is 24.0 Å². The van der Waals surface area contributed by atoms with E-state index in [1.54, 1.807) is 19.1 Å². The zero-order valence-electron chi connectivity index (χ0n) is 13.0. The summed E-state index contributed by atoms with van der Waals surface area (Å²) in [5, 5.41) is 3.06. The molecule has 0 fully saturated rings. The second kappa shape index (κ2) is 8.12. The SMILES string of the molecule is Cc1ccc(NC(N)=NCc2ccc(F)c(C)c2)cc1C.I. The molecule has 3 N–H and O–H groups in total. The topological polar surface area (TPSA) is 50.4 Å². The maximum Gasteiger partial charge on any atom is 0.193 e. The van der Waals surface area contributed by atoms with E-state index in [2.05, 4.69) is 24.2 Å². The molecule has 0 saturated heterocycles. The van der Waals surface area contributed by atoms with E-state index in [-0.39, 0.29) is 29.8 Å². The second-order valence-corrected chi connectivity index (χ2v) is 5.21. The molecule has 2 aromatic carbocycles. The van der Waals surface area contributed by atoms with E-state index in [1.807, 2.05) is 18.2 Å². The molecular weight excluding hydrogens is 392 g/mol. The number of nitrogens with zero attached hydrogens (tertiary/aromatic N) is 1. The summed E-state index contributed by atoms with van der Waals surface area (Å²) in [7, 11) is 0. The van der Waals surface area contributed by atoms with Crippen LogP contribution in [0.5, 0.6) is 0 Å². The molecule has 0 aliphatic heterocycles. The number of nitrogens with two attached hydrogens (primary N) is 1. The van der Waals surface area contributed by atoms with Crippen LogP contribution in [0.3, 0.4) is 0 Å². The molecule has 0 radical (unpaired) electrons. The first kappa shape index (κ1) is 18.4. The van der Waals surface area contributed by atoms with E-state index < -0.39 is 0 Å². The molecule has 0 aliphatic rings. The molecule has 0 heterocycles. The highest BCUT2D eigenvalue weighted by Crippen LogP contribution is 2.14. The van der Waals surface area contributed by atoms with Gasteiger partial charge in [-0.05, 0) is 61.2 Å². The highest BCUT2D eigenvalue weighted by molar-refractivity contribution is 14.0. The highest BCUT2D eigenvalue weighted by Gasteiger charge is 2.00. The Kier molecular flexibility index (Phi) is 6.80. The molecule has 2 rings (SSSR count). The molecule has 0 aliphatic carbocycles. The van der Waals surface area contributed by atoms with Crippen LogP contribution in [0.4, 0.5) is 10.1 Å². The van der Waals surface area contributed by atoms with E-state index in [0.29, 0.717) is 18.1 Å². The molecule has 2 aromatic rings. The van der Waals surface area contributed by atoms with E-state index >= 15 is 0 Å². The minimum Gasteiger partial charge on any atom is -0.370 e. The van der Waals surface area contributed by atoms with Crippen LogP contribution in [0.1, 0.15) is 22.3 Å². The van der Waals surface area contributed by atoms with Gasteiger partial charge in [0.2, 0.25) is 0 Å². The van der Waals surface area contributed by atoms with E-state index in [0.717, 1.165) is 11.3 Å². The minimum absolute atomic E-state index is 0. The van der Waals surface area contributed by atoms with Crippen molar-refractivity contribution in [3.8, 4) is 0 Å². The van der Waals surface area contributed by atoms with E-state index in [1.165, 1.54) is 17.2 Å². The molecule has 0 aromatic heterocycles. The van der Waals surface area contributed by atoms with Gasteiger partial charge < -0.3 is 11.1 Å². The van der Waals surface area contributed by atoms with Gasteiger partial charge in [0.25, 0.3) is 0 Å². The zero-order valence-corrected chi connectivity index (χ0v) is 15.3. The Morgan fingerprint density at radius 3 is 2.41 bits per heavy atom. The molecule has 3 nitrogen and oxygen atoms in total. The molecule has 5 heteroatoms. The summed E-state index contributed by atoms with van der Waals surface area (Å²) in [6.07, 6.45) is 0. The Morgan fingerprint density at radius 2 is 1.77 bits per heavy atom. The second-order valence-electron chi connectivity index (χ2n) is 5.21. The van der Waals surface area contributed by atoms with Crippen molar-refractivity contribution in [2.24, 2.45) is 10.7 Å². The quantitative estimate of drug-likeness (QED) is 0.448. The maximum absolute atomic E-state index is 13.2. The largest absolute Gasteiger partial charge is 0.370 e. The lowest BCUT2D eigenvalue weighted by molar-refractivity contribution is 0.617. The number of hydrogen-bond acceptors (Lipinski definition) is 1. The van der Waals surface area contributed by atoms with Crippen molar-refractivity contribution >= 4 is 35.6 Å². The van der Waals surface area contributed by atoms with Crippen molar-refractivity contribution < 1.29 is 4.39 Å². The lowest BCUT2D eigenvalue weighted by atomic mass is 10.1. The summed E-state index contributed by atoms with van der Waals surface area (Å²) in [5.74, 6) is 0.143. The van der Waals surface area contributed by atoms with Crippen molar-refractivity contribution in [3.63, 3.8) is 0 Å². The number of halogens is 2. The summed E-state index contributed by atoms with van der Waals surface area (Å²) in [5.41, 5.74) is 10.8. The van der Waals surface area contributed by atoms with Crippen LogP contribution in [0, 0.1) is 26.6 Å². The number of aliphatic imine (C=N–C) groups is 1. The molecule has 0 atom stereocenters. The fraction of sp³-hybridized carbons (Fsp3) is 0.235. The van der Waals surface area contributed by atoms with Crippen LogP contribution in [-0.4, -0.2) is 5.96 Å². The van der Waals surface area contributed by atoms with Crippen molar-refractivity contribution in [1.29, 1.82) is 0 Å². The first-order valence-electron chi connectivity index (χ1n) is 6.85. The van der Waals surface area contributed by atoms with Gasteiger partial charge in [0.05, 0.1) is 6.54 Å².